The van der Waals surface area contributed by atoms with Crippen LogP contribution in [0.5, 0.6) is 5.75 Å². The van der Waals surface area contributed by atoms with E-state index in [1.54, 1.807) is 6.07 Å². The molecule has 1 saturated carbocycles. The van der Waals surface area contributed by atoms with Gasteiger partial charge in [0, 0.05) is 6.04 Å². The third-order valence-corrected chi connectivity index (χ3v) is 4.12. The fraction of sp³-hybridized carbons (Fsp3) is 0.556. The Kier molecular flexibility index (Phi) is 6.46. The number of hydrogen-bond donors (Lipinski definition) is 3. The quantitative estimate of drug-likeness (QED) is 0.743. The largest absolute Gasteiger partial charge is 0.491 e. The second-order valence-electron chi connectivity index (χ2n) is 6.69. The summed E-state index contributed by atoms with van der Waals surface area (Å²) in [5.41, 5.74) is 0.634. The Labute approximate surface area is 142 Å². The summed E-state index contributed by atoms with van der Waals surface area (Å²) >= 11 is 0. The number of hydrogen-bond acceptors (Lipinski definition) is 3. The number of carbonyl (C=O) groups is 2. The molecule has 0 atom stereocenters. The number of carboxylic acid groups (broad SMARTS) is 1. The van der Waals surface area contributed by atoms with Crippen LogP contribution >= 0.6 is 0 Å². The summed E-state index contributed by atoms with van der Waals surface area (Å²) in [6.45, 7) is 4.71. The number of amides is 2. The first-order chi connectivity index (χ1) is 11.5. The van der Waals surface area contributed by atoms with Crippen LogP contribution in [0.15, 0.2) is 24.3 Å². The minimum Gasteiger partial charge on any atom is -0.491 e. The molecule has 24 heavy (non-hydrogen) atoms. The SMILES string of the molecule is CC(C)COc1ccccc1NC(=O)NC1CCC(C(=O)O)CC1. The Bertz CT molecular complexity index is 566. The summed E-state index contributed by atoms with van der Waals surface area (Å²) in [5, 5.41) is 14.8. The predicted octanol–water partition coefficient (Wildman–Crippen LogP) is 3.49. The van der Waals surface area contributed by atoms with Crippen molar-refractivity contribution in [2.75, 3.05) is 11.9 Å². The molecule has 0 bridgehead atoms. The molecule has 2 amide bonds. The van der Waals surface area contributed by atoms with Crippen LogP contribution in [0.3, 0.4) is 0 Å². The number of urea groups is 1. The average Bonchev–Trinajstić information content (AvgIpc) is 2.54. The summed E-state index contributed by atoms with van der Waals surface area (Å²) < 4.78 is 5.72. The molecule has 0 spiro atoms. The van der Waals surface area contributed by atoms with Crippen LogP contribution in [0.1, 0.15) is 39.5 Å². The number of rotatable bonds is 6. The van der Waals surface area contributed by atoms with Crippen molar-refractivity contribution in [3.8, 4) is 5.75 Å². The number of nitrogens with one attached hydrogen (secondary N) is 2. The molecular formula is C18H26N2O4. The molecule has 6 heteroatoms. The fourth-order valence-corrected chi connectivity index (χ4v) is 2.78. The first kappa shape index (κ1) is 18.1. The number of anilines is 1. The monoisotopic (exact) mass is 334 g/mol. The maximum atomic E-state index is 12.2. The lowest BCUT2D eigenvalue weighted by Gasteiger charge is -2.27. The van der Waals surface area contributed by atoms with Crippen molar-refractivity contribution in [1.29, 1.82) is 0 Å². The summed E-state index contributed by atoms with van der Waals surface area (Å²) in [4.78, 5) is 23.2. The van der Waals surface area contributed by atoms with Crippen molar-refractivity contribution in [3.05, 3.63) is 24.3 Å². The second-order valence-corrected chi connectivity index (χ2v) is 6.69. The minimum atomic E-state index is -0.742. The maximum absolute atomic E-state index is 12.2. The van der Waals surface area contributed by atoms with E-state index in [0.29, 0.717) is 49.6 Å². The number of ether oxygens (including phenoxy) is 1. The van der Waals surface area contributed by atoms with Gasteiger partial charge in [0.1, 0.15) is 5.75 Å². The van der Waals surface area contributed by atoms with Crippen molar-refractivity contribution in [2.45, 2.75) is 45.6 Å². The van der Waals surface area contributed by atoms with Crippen molar-refractivity contribution < 1.29 is 19.4 Å². The highest BCUT2D eigenvalue weighted by atomic mass is 16.5. The van der Waals surface area contributed by atoms with Crippen LogP contribution in [0.2, 0.25) is 0 Å². The Morgan fingerprint density at radius 3 is 2.50 bits per heavy atom. The normalized spacial score (nSPS) is 20.5. The van der Waals surface area contributed by atoms with E-state index < -0.39 is 5.97 Å². The lowest BCUT2D eigenvalue weighted by atomic mass is 9.86. The molecule has 0 radical (unpaired) electrons. The van der Waals surface area contributed by atoms with Gasteiger partial charge in [0.2, 0.25) is 0 Å². The highest BCUT2D eigenvalue weighted by Gasteiger charge is 2.26. The zero-order chi connectivity index (χ0) is 17.5. The molecule has 0 heterocycles. The standard InChI is InChI=1S/C18H26N2O4/c1-12(2)11-24-16-6-4-3-5-15(16)20-18(23)19-14-9-7-13(8-10-14)17(21)22/h3-6,12-14H,7-11H2,1-2H3,(H,21,22)(H2,19,20,23). The Hall–Kier alpha value is -2.24. The molecule has 1 aromatic carbocycles. The van der Waals surface area contributed by atoms with Crippen LogP contribution < -0.4 is 15.4 Å². The minimum absolute atomic E-state index is 0.0179. The van der Waals surface area contributed by atoms with Gasteiger partial charge in [0.25, 0.3) is 0 Å². The molecule has 1 aromatic rings. The van der Waals surface area contributed by atoms with Gasteiger partial charge in [0.15, 0.2) is 0 Å². The van der Waals surface area contributed by atoms with Gasteiger partial charge in [0.05, 0.1) is 18.2 Å². The molecular weight excluding hydrogens is 308 g/mol. The molecule has 1 aliphatic carbocycles. The van der Waals surface area contributed by atoms with Gasteiger partial charge < -0.3 is 20.5 Å². The van der Waals surface area contributed by atoms with E-state index >= 15 is 0 Å². The smallest absolute Gasteiger partial charge is 0.319 e. The second kappa shape index (κ2) is 8.57. The van der Waals surface area contributed by atoms with Gasteiger partial charge in [-0.2, -0.15) is 0 Å². The molecule has 6 nitrogen and oxygen atoms in total. The fourth-order valence-electron chi connectivity index (χ4n) is 2.78. The van der Waals surface area contributed by atoms with E-state index in [4.69, 9.17) is 9.84 Å². The highest BCUT2D eigenvalue weighted by molar-refractivity contribution is 5.91. The van der Waals surface area contributed by atoms with E-state index in [1.807, 2.05) is 18.2 Å². The molecule has 0 aromatic heterocycles. The first-order valence-electron chi connectivity index (χ1n) is 8.48. The highest BCUT2D eigenvalue weighted by Crippen LogP contribution is 2.26. The van der Waals surface area contributed by atoms with Crippen molar-refractivity contribution >= 4 is 17.7 Å². The lowest BCUT2D eigenvalue weighted by molar-refractivity contribution is -0.142. The average molecular weight is 334 g/mol. The summed E-state index contributed by atoms with van der Waals surface area (Å²) in [7, 11) is 0. The van der Waals surface area contributed by atoms with Crippen molar-refractivity contribution in [3.63, 3.8) is 0 Å². The van der Waals surface area contributed by atoms with E-state index in [9.17, 15) is 9.59 Å². The number of aliphatic carboxylic acids is 1. The third-order valence-electron chi connectivity index (χ3n) is 4.12. The molecule has 0 saturated heterocycles. The van der Waals surface area contributed by atoms with E-state index in [0.717, 1.165) is 0 Å². The molecule has 1 aliphatic rings. The van der Waals surface area contributed by atoms with Crippen LogP contribution in [-0.4, -0.2) is 29.8 Å². The number of para-hydroxylation sites is 2. The van der Waals surface area contributed by atoms with Gasteiger partial charge in [-0.25, -0.2) is 4.79 Å². The zero-order valence-electron chi connectivity index (χ0n) is 14.2. The molecule has 2 rings (SSSR count). The molecule has 1 fully saturated rings. The maximum Gasteiger partial charge on any atom is 0.319 e. The van der Waals surface area contributed by atoms with Crippen LogP contribution in [0.25, 0.3) is 0 Å². The number of carbonyl (C=O) groups excluding carboxylic acids is 1. The molecule has 132 valence electrons. The Morgan fingerprint density at radius 2 is 1.88 bits per heavy atom. The summed E-state index contributed by atoms with van der Waals surface area (Å²) in [6, 6.07) is 7.08. The Morgan fingerprint density at radius 1 is 1.21 bits per heavy atom. The summed E-state index contributed by atoms with van der Waals surface area (Å²) in [6.07, 6.45) is 2.59. The molecule has 3 N–H and O–H groups in total. The van der Waals surface area contributed by atoms with Crippen LogP contribution in [0, 0.1) is 11.8 Å². The van der Waals surface area contributed by atoms with Crippen molar-refractivity contribution in [1.82, 2.24) is 5.32 Å². The van der Waals surface area contributed by atoms with Crippen molar-refractivity contribution in [2.24, 2.45) is 11.8 Å². The van der Waals surface area contributed by atoms with Gasteiger partial charge in [-0.05, 0) is 43.7 Å². The van der Waals surface area contributed by atoms with E-state index in [-0.39, 0.29) is 18.0 Å². The van der Waals surface area contributed by atoms with Gasteiger partial charge >= 0.3 is 12.0 Å². The number of benzene rings is 1. The molecule has 0 aliphatic heterocycles. The topological polar surface area (TPSA) is 87.7 Å². The van der Waals surface area contributed by atoms with E-state index in [2.05, 4.69) is 24.5 Å². The van der Waals surface area contributed by atoms with Gasteiger partial charge in [-0.3, -0.25) is 4.79 Å². The van der Waals surface area contributed by atoms with Gasteiger partial charge in [-0.15, -0.1) is 0 Å². The van der Waals surface area contributed by atoms with E-state index in [1.165, 1.54) is 0 Å². The lowest BCUT2D eigenvalue weighted by Crippen LogP contribution is -2.41. The molecule has 0 unspecified atom stereocenters. The van der Waals surface area contributed by atoms with Crippen LogP contribution in [0.4, 0.5) is 10.5 Å². The first-order valence-corrected chi connectivity index (χ1v) is 8.48. The summed E-state index contributed by atoms with van der Waals surface area (Å²) in [5.74, 6) is 0.0256. The predicted molar refractivity (Wildman–Crippen MR) is 92.3 cm³/mol. The Balaban J connectivity index is 1.85. The number of carboxylic acids is 1. The zero-order valence-corrected chi connectivity index (χ0v) is 14.2. The van der Waals surface area contributed by atoms with Gasteiger partial charge in [-0.1, -0.05) is 26.0 Å². The third kappa shape index (κ3) is 5.44. The van der Waals surface area contributed by atoms with Crippen LogP contribution in [-0.2, 0) is 4.79 Å².